The largest absolute Gasteiger partial charge is 0.490 e. The summed E-state index contributed by atoms with van der Waals surface area (Å²) in [7, 11) is 0. The maximum Gasteiger partial charge on any atom is 0.273 e. The first-order valence-electron chi connectivity index (χ1n) is 5.75. The molecule has 0 fully saturated rings. The van der Waals surface area contributed by atoms with Gasteiger partial charge in [0.1, 0.15) is 18.0 Å². The van der Waals surface area contributed by atoms with Crippen molar-refractivity contribution in [1.82, 2.24) is 5.32 Å². The van der Waals surface area contributed by atoms with Crippen molar-refractivity contribution in [3.8, 4) is 5.75 Å². The zero-order chi connectivity index (χ0) is 13.6. The highest BCUT2D eigenvalue weighted by atomic mass is 16.6. The van der Waals surface area contributed by atoms with Gasteiger partial charge in [0.2, 0.25) is 0 Å². The molecule has 0 bridgehead atoms. The van der Waals surface area contributed by atoms with E-state index in [1.807, 2.05) is 6.92 Å². The fraction of sp³-hybridized carbons (Fsp3) is 0.500. The Balaban J connectivity index is 2.57. The second-order valence-corrected chi connectivity index (χ2v) is 4.32. The Kier molecular flexibility index (Phi) is 5.06. The summed E-state index contributed by atoms with van der Waals surface area (Å²) in [6, 6.07) is 5.90. The number of nitrogens with one attached hydrogen (secondary N) is 1. The van der Waals surface area contributed by atoms with E-state index < -0.39 is 10.5 Å². The van der Waals surface area contributed by atoms with Crippen LogP contribution in [0.1, 0.15) is 13.8 Å². The average molecular weight is 254 g/mol. The van der Waals surface area contributed by atoms with Crippen LogP contribution in [0.4, 0.5) is 5.69 Å². The second-order valence-electron chi connectivity index (χ2n) is 4.32. The average Bonchev–Trinajstić information content (AvgIpc) is 2.34. The van der Waals surface area contributed by atoms with E-state index in [2.05, 4.69) is 5.32 Å². The third-order valence-electron chi connectivity index (χ3n) is 2.33. The minimum absolute atomic E-state index is 0.0289. The number of nitro benzene ring substituents is 1. The summed E-state index contributed by atoms with van der Waals surface area (Å²) in [5, 5.41) is 23.6. The van der Waals surface area contributed by atoms with Gasteiger partial charge in [-0.3, -0.25) is 10.1 Å². The minimum atomic E-state index is -1.01. The monoisotopic (exact) mass is 254 g/mol. The van der Waals surface area contributed by atoms with Gasteiger partial charge in [0.05, 0.1) is 11.0 Å². The Hall–Kier alpha value is -1.66. The SMILES string of the molecule is CCNCC(C)(O)COc1cccc([N+](=O)[O-])c1. The summed E-state index contributed by atoms with van der Waals surface area (Å²) in [6.45, 7) is 4.82. The number of hydrogen-bond acceptors (Lipinski definition) is 5. The number of aliphatic hydroxyl groups is 1. The van der Waals surface area contributed by atoms with Gasteiger partial charge in [-0.1, -0.05) is 13.0 Å². The lowest BCUT2D eigenvalue weighted by Gasteiger charge is -2.23. The van der Waals surface area contributed by atoms with E-state index in [1.54, 1.807) is 19.1 Å². The predicted octanol–water partition coefficient (Wildman–Crippen LogP) is 1.33. The Bertz CT molecular complexity index is 407. The lowest BCUT2D eigenvalue weighted by molar-refractivity contribution is -0.384. The molecule has 2 N–H and O–H groups in total. The molecule has 0 aromatic heterocycles. The molecule has 0 aliphatic rings. The van der Waals surface area contributed by atoms with Crippen LogP contribution in [0, 0.1) is 10.1 Å². The normalized spacial score (nSPS) is 13.9. The van der Waals surface area contributed by atoms with Crippen molar-refractivity contribution < 1.29 is 14.8 Å². The Labute approximate surface area is 106 Å². The van der Waals surface area contributed by atoms with Gasteiger partial charge >= 0.3 is 0 Å². The highest BCUT2D eigenvalue weighted by molar-refractivity contribution is 5.37. The van der Waals surface area contributed by atoms with Gasteiger partial charge in [-0.2, -0.15) is 0 Å². The first-order valence-corrected chi connectivity index (χ1v) is 5.75. The van der Waals surface area contributed by atoms with E-state index in [-0.39, 0.29) is 12.3 Å². The Morgan fingerprint density at radius 1 is 1.56 bits per heavy atom. The Morgan fingerprint density at radius 3 is 2.89 bits per heavy atom. The number of likely N-dealkylation sites (N-methyl/N-ethyl adjacent to an activating group) is 1. The molecular formula is C12H18N2O4. The van der Waals surface area contributed by atoms with Gasteiger partial charge in [0.15, 0.2) is 0 Å². The van der Waals surface area contributed by atoms with Gasteiger partial charge in [-0.15, -0.1) is 0 Å². The number of nitro groups is 1. The van der Waals surface area contributed by atoms with Crippen LogP contribution in [0.25, 0.3) is 0 Å². The molecule has 0 saturated heterocycles. The summed E-state index contributed by atoms with van der Waals surface area (Å²) >= 11 is 0. The highest BCUT2D eigenvalue weighted by Crippen LogP contribution is 2.20. The molecule has 100 valence electrons. The molecule has 0 spiro atoms. The Morgan fingerprint density at radius 2 is 2.28 bits per heavy atom. The standard InChI is InChI=1S/C12H18N2O4/c1-3-13-8-12(2,15)9-18-11-6-4-5-10(7-11)14(16)17/h4-7,13,15H,3,8-9H2,1-2H3. The zero-order valence-electron chi connectivity index (χ0n) is 10.5. The van der Waals surface area contributed by atoms with Crippen molar-refractivity contribution >= 4 is 5.69 Å². The molecule has 0 aliphatic carbocycles. The third-order valence-corrected chi connectivity index (χ3v) is 2.33. The smallest absolute Gasteiger partial charge is 0.273 e. The molecule has 0 saturated carbocycles. The molecule has 0 radical (unpaired) electrons. The van der Waals surface area contributed by atoms with E-state index in [9.17, 15) is 15.2 Å². The van der Waals surface area contributed by atoms with Crippen LogP contribution < -0.4 is 10.1 Å². The van der Waals surface area contributed by atoms with Crippen molar-refractivity contribution in [1.29, 1.82) is 0 Å². The van der Waals surface area contributed by atoms with Gasteiger partial charge < -0.3 is 15.2 Å². The topological polar surface area (TPSA) is 84.6 Å². The molecule has 6 heteroatoms. The minimum Gasteiger partial charge on any atom is -0.490 e. The summed E-state index contributed by atoms with van der Waals surface area (Å²) in [4.78, 5) is 10.1. The first-order chi connectivity index (χ1) is 8.44. The molecule has 0 aliphatic heterocycles. The van der Waals surface area contributed by atoms with Crippen molar-refractivity contribution in [3.63, 3.8) is 0 Å². The number of rotatable bonds is 7. The highest BCUT2D eigenvalue weighted by Gasteiger charge is 2.21. The maximum atomic E-state index is 10.6. The van der Waals surface area contributed by atoms with Crippen LogP contribution in [-0.2, 0) is 0 Å². The van der Waals surface area contributed by atoms with Gasteiger partial charge in [0, 0.05) is 12.6 Å². The molecule has 1 unspecified atom stereocenters. The number of non-ortho nitro benzene ring substituents is 1. The van der Waals surface area contributed by atoms with Crippen molar-refractivity contribution in [2.45, 2.75) is 19.4 Å². The summed E-state index contributed by atoms with van der Waals surface area (Å²) in [5.41, 5.74) is -1.04. The first kappa shape index (κ1) is 14.4. The van der Waals surface area contributed by atoms with Crippen molar-refractivity contribution in [2.24, 2.45) is 0 Å². The van der Waals surface area contributed by atoms with Crippen molar-refractivity contribution in [3.05, 3.63) is 34.4 Å². The molecule has 0 amide bonds. The van der Waals surface area contributed by atoms with Crippen LogP contribution in [0.2, 0.25) is 0 Å². The van der Waals surface area contributed by atoms with Gasteiger partial charge in [0.25, 0.3) is 5.69 Å². The van der Waals surface area contributed by atoms with Crippen molar-refractivity contribution in [2.75, 3.05) is 19.7 Å². The van der Waals surface area contributed by atoms with Crippen LogP contribution in [-0.4, -0.2) is 35.3 Å². The molecule has 1 rings (SSSR count). The van der Waals surface area contributed by atoms with Gasteiger partial charge in [-0.25, -0.2) is 0 Å². The summed E-state index contributed by atoms with van der Waals surface area (Å²) in [5.74, 6) is 0.376. The molecule has 1 aromatic carbocycles. The van der Waals surface area contributed by atoms with Crippen LogP contribution in [0.3, 0.4) is 0 Å². The number of ether oxygens (including phenoxy) is 1. The van der Waals surface area contributed by atoms with Gasteiger partial charge in [-0.05, 0) is 19.5 Å². The number of benzene rings is 1. The van der Waals surface area contributed by atoms with Crippen LogP contribution in [0.15, 0.2) is 24.3 Å². The fourth-order valence-corrected chi connectivity index (χ4v) is 1.37. The lowest BCUT2D eigenvalue weighted by Crippen LogP contribution is -2.42. The second kappa shape index (κ2) is 6.32. The van der Waals surface area contributed by atoms with E-state index >= 15 is 0 Å². The summed E-state index contributed by atoms with van der Waals surface area (Å²) in [6.07, 6.45) is 0. The molecular weight excluding hydrogens is 236 g/mol. The van der Waals surface area contributed by atoms with E-state index in [0.29, 0.717) is 12.3 Å². The van der Waals surface area contributed by atoms with Crippen LogP contribution >= 0.6 is 0 Å². The molecule has 0 heterocycles. The lowest BCUT2D eigenvalue weighted by atomic mass is 10.1. The molecule has 1 aromatic rings. The van der Waals surface area contributed by atoms with E-state index in [1.165, 1.54) is 12.1 Å². The third kappa shape index (κ3) is 4.68. The number of nitrogens with zero attached hydrogens (tertiary/aromatic N) is 1. The maximum absolute atomic E-state index is 10.6. The fourth-order valence-electron chi connectivity index (χ4n) is 1.37. The molecule has 18 heavy (non-hydrogen) atoms. The van der Waals surface area contributed by atoms with E-state index in [0.717, 1.165) is 6.54 Å². The predicted molar refractivity (Wildman–Crippen MR) is 67.8 cm³/mol. The zero-order valence-corrected chi connectivity index (χ0v) is 10.5. The number of hydrogen-bond donors (Lipinski definition) is 2. The molecule has 6 nitrogen and oxygen atoms in total. The molecule has 1 atom stereocenters. The van der Waals surface area contributed by atoms with Crippen LogP contribution in [0.5, 0.6) is 5.75 Å². The quantitative estimate of drug-likeness (QED) is 0.566. The summed E-state index contributed by atoms with van der Waals surface area (Å²) < 4.78 is 5.36. The van der Waals surface area contributed by atoms with E-state index in [4.69, 9.17) is 4.74 Å².